The first-order valence-corrected chi connectivity index (χ1v) is 7.05. The van der Waals surface area contributed by atoms with Gasteiger partial charge in [-0.15, -0.1) is 0 Å². The summed E-state index contributed by atoms with van der Waals surface area (Å²) in [5, 5.41) is 4.63. The Morgan fingerprint density at radius 3 is 2.80 bits per heavy atom. The summed E-state index contributed by atoms with van der Waals surface area (Å²) in [4.78, 5) is 15.4. The van der Waals surface area contributed by atoms with Gasteiger partial charge in [-0.3, -0.25) is 10.1 Å². The normalized spacial score (nSPS) is 22.0. The van der Waals surface area contributed by atoms with Crippen LogP contribution in [-0.4, -0.2) is 24.1 Å². The summed E-state index contributed by atoms with van der Waals surface area (Å²) in [6.45, 7) is 4.32. The molecule has 2 heterocycles. The maximum absolute atomic E-state index is 11.9. The summed E-state index contributed by atoms with van der Waals surface area (Å²) in [5.74, 6) is 0.209. The molecule has 2 aromatic rings. The monoisotopic (exact) mass is 272 g/mol. The highest BCUT2D eigenvalue weighted by Crippen LogP contribution is 2.35. The van der Waals surface area contributed by atoms with Crippen LogP contribution >= 0.6 is 0 Å². The Morgan fingerprint density at radius 1 is 1.35 bits per heavy atom. The maximum atomic E-state index is 11.9. The third-order valence-corrected chi connectivity index (χ3v) is 4.10. The van der Waals surface area contributed by atoms with Crippen LogP contribution in [0.2, 0.25) is 0 Å². The van der Waals surface area contributed by atoms with Crippen molar-refractivity contribution >= 4 is 16.9 Å². The van der Waals surface area contributed by atoms with Crippen molar-refractivity contribution < 1.29 is 9.53 Å². The van der Waals surface area contributed by atoms with E-state index < -0.39 is 0 Å². The lowest BCUT2D eigenvalue weighted by Crippen LogP contribution is -2.46. The highest BCUT2D eigenvalue weighted by Gasteiger charge is 2.34. The molecule has 0 saturated carbocycles. The molecule has 1 aliphatic rings. The molecule has 0 saturated heterocycles. The molecule has 2 atom stereocenters. The number of hydrogen-bond acceptors (Lipinski definition) is 3. The number of benzene rings is 1. The number of aromatic amines is 1. The fraction of sp³-hybridized carbons (Fsp3) is 0.438. The van der Waals surface area contributed by atoms with Crippen molar-refractivity contribution in [3.63, 3.8) is 0 Å². The summed E-state index contributed by atoms with van der Waals surface area (Å²) in [6.07, 6.45) is 0.676. The van der Waals surface area contributed by atoms with Gasteiger partial charge in [0.05, 0.1) is 13.2 Å². The molecular weight excluding hydrogens is 252 g/mol. The molecule has 0 bridgehead atoms. The van der Waals surface area contributed by atoms with Crippen molar-refractivity contribution in [3.05, 3.63) is 35.5 Å². The van der Waals surface area contributed by atoms with Gasteiger partial charge in [-0.05, 0) is 17.5 Å². The highest BCUT2D eigenvalue weighted by molar-refractivity contribution is 5.87. The van der Waals surface area contributed by atoms with Gasteiger partial charge in [0, 0.05) is 23.0 Å². The van der Waals surface area contributed by atoms with Gasteiger partial charge >= 0.3 is 5.97 Å². The van der Waals surface area contributed by atoms with Crippen molar-refractivity contribution in [2.45, 2.75) is 32.4 Å². The molecular formula is C16H20N2O2. The number of hydrogen-bond donors (Lipinski definition) is 2. The highest BCUT2D eigenvalue weighted by atomic mass is 16.5. The zero-order valence-electron chi connectivity index (χ0n) is 12.1. The van der Waals surface area contributed by atoms with E-state index in [1.165, 1.54) is 23.8 Å². The minimum absolute atomic E-state index is 0.148. The molecule has 0 radical (unpaired) electrons. The van der Waals surface area contributed by atoms with Crippen LogP contribution in [0.25, 0.3) is 10.9 Å². The SMILES string of the molecule is COC(=O)[C@@H]1Cc2c([nH]c3ccccc23)[C@H](C(C)C)N1. The molecule has 0 amide bonds. The van der Waals surface area contributed by atoms with Gasteiger partial charge < -0.3 is 9.72 Å². The molecule has 0 spiro atoms. The summed E-state index contributed by atoms with van der Waals surface area (Å²) in [6, 6.07) is 8.14. The number of methoxy groups -OCH3 is 1. The second kappa shape index (κ2) is 4.94. The molecule has 1 aromatic carbocycles. The predicted molar refractivity (Wildman–Crippen MR) is 78.5 cm³/mol. The molecule has 4 heteroatoms. The Kier molecular flexibility index (Phi) is 3.26. The zero-order chi connectivity index (χ0) is 14.3. The number of aromatic nitrogens is 1. The number of esters is 1. The van der Waals surface area contributed by atoms with Crippen LogP contribution in [0, 0.1) is 5.92 Å². The van der Waals surface area contributed by atoms with E-state index in [-0.39, 0.29) is 18.1 Å². The standard InChI is InChI=1S/C16H20N2O2/c1-9(2)14-15-11(8-13(18-14)16(19)20-3)10-6-4-5-7-12(10)17-15/h4-7,9,13-14,17-18H,8H2,1-3H3/t13-,14-/m0/s1. The van der Waals surface area contributed by atoms with Crippen LogP contribution in [0.4, 0.5) is 0 Å². The second-order valence-corrected chi connectivity index (χ2v) is 5.73. The lowest BCUT2D eigenvalue weighted by atomic mass is 9.89. The molecule has 2 N–H and O–H groups in total. The number of H-pyrrole nitrogens is 1. The van der Waals surface area contributed by atoms with E-state index in [0.29, 0.717) is 12.3 Å². The largest absolute Gasteiger partial charge is 0.468 e. The van der Waals surface area contributed by atoms with Gasteiger partial charge in [0.15, 0.2) is 0 Å². The predicted octanol–water partition coefficient (Wildman–Crippen LogP) is 2.55. The van der Waals surface area contributed by atoms with Gasteiger partial charge in [0.25, 0.3) is 0 Å². The topological polar surface area (TPSA) is 54.1 Å². The van der Waals surface area contributed by atoms with Crippen LogP contribution in [0.15, 0.2) is 24.3 Å². The number of carbonyl (C=O) groups is 1. The second-order valence-electron chi connectivity index (χ2n) is 5.73. The van der Waals surface area contributed by atoms with Crippen molar-refractivity contribution in [1.82, 2.24) is 10.3 Å². The van der Waals surface area contributed by atoms with Crippen LogP contribution in [-0.2, 0) is 16.0 Å². The van der Waals surface area contributed by atoms with Crippen LogP contribution in [0.3, 0.4) is 0 Å². The van der Waals surface area contributed by atoms with Crippen molar-refractivity contribution in [2.24, 2.45) is 5.92 Å². The lowest BCUT2D eigenvalue weighted by molar-refractivity contribution is -0.143. The van der Waals surface area contributed by atoms with Gasteiger partial charge in [-0.2, -0.15) is 0 Å². The van der Waals surface area contributed by atoms with Gasteiger partial charge in [-0.25, -0.2) is 0 Å². The van der Waals surface area contributed by atoms with E-state index in [1.54, 1.807) is 0 Å². The van der Waals surface area contributed by atoms with Crippen LogP contribution < -0.4 is 5.32 Å². The minimum atomic E-state index is -0.265. The smallest absolute Gasteiger partial charge is 0.323 e. The Morgan fingerprint density at radius 2 is 2.10 bits per heavy atom. The van der Waals surface area contributed by atoms with Crippen molar-refractivity contribution in [2.75, 3.05) is 7.11 Å². The first-order valence-electron chi connectivity index (χ1n) is 7.05. The first kappa shape index (κ1) is 13.2. The summed E-state index contributed by atoms with van der Waals surface area (Å²) in [5.41, 5.74) is 3.59. The first-order chi connectivity index (χ1) is 9.61. The number of para-hydroxylation sites is 1. The Balaban J connectivity index is 2.11. The molecule has 0 fully saturated rings. The summed E-state index contributed by atoms with van der Waals surface area (Å²) in [7, 11) is 1.44. The third-order valence-electron chi connectivity index (χ3n) is 4.10. The molecule has 1 aromatic heterocycles. The van der Waals surface area contributed by atoms with E-state index in [2.05, 4.69) is 36.3 Å². The van der Waals surface area contributed by atoms with E-state index in [4.69, 9.17) is 4.74 Å². The van der Waals surface area contributed by atoms with E-state index in [0.717, 1.165) is 5.52 Å². The average Bonchev–Trinajstić information content (AvgIpc) is 2.83. The summed E-state index contributed by atoms with van der Waals surface area (Å²) >= 11 is 0. The number of nitrogens with one attached hydrogen (secondary N) is 2. The number of fused-ring (bicyclic) bond motifs is 3. The molecule has 106 valence electrons. The van der Waals surface area contributed by atoms with Crippen LogP contribution in [0.5, 0.6) is 0 Å². The molecule has 0 aliphatic carbocycles. The fourth-order valence-corrected chi connectivity index (χ4v) is 3.09. The Bertz CT molecular complexity index is 645. The van der Waals surface area contributed by atoms with Gasteiger partial charge in [0.1, 0.15) is 6.04 Å². The fourth-order valence-electron chi connectivity index (χ4n) is 3.09. The van der Waals surface area contributed by atoms with Gasteiger partial charge in [0.2, 0.25) is 0 Å². The van der Waals surface area contributed by atoms with Crippen molar-refractivity contribution in [3.8, 4) is 0 Å². The van der Waals surface area contributed by atoms with Crippen molar-refractivity contribution in [1.29, 1.82) is 0 Å². The van der Waals surface area contributed by atoms with E-state index in [1.807, 2.05) is 12.1 Å². The third kappa shape index (κ3) is 2.00. The Hall–Kier alpha value is -1.81. The number of rotatable bonds is 2. The maximum Gasteiger partial charge on any atom is 0.323 e. The molecule has 3 rings (SSSR count). The van der Waals surface area contributed by atoms with Crippen LogP contribution in [0.1, 0.15) is 31.1 Å². The van der Waals surface area contributed by atoms with E-state index in [9.17, 15) is 4.79 Å². The molecule has 20 heavy (non-hydrogen) atoms. The van der Waals surface area contributed by atoms with Gasteiger partial charge in [-0.1, -0.05) is 32.0 Å². The Labute approximate surface area is 118 Å². The zero-order valence-corrected chi connectivity index (χ0v) is 12.1. The minimum Gasteiger partial charge on any atom is -0.468 e. The lowest BCUT2D eigenvalue weighted by Gasteiger charge is -2.32. The molecule has 4 nitrogen and oxygen atoms in total. The van der Waals surface area contributed by atoms with E-state index >= 15 is 0 Å². The number of ether oxygens (including phenoxy) is 1. The number of carbonyl (C=O) groups excluding carboxylic acids is 1. The quantitative estimate of drug-likeness (QED) is 0.826. The summed E-state index contributed by atoms with van der Waals surface area (Å²) < 4.78 is 4.91. The molecule has 1 aliphatic heterocycles. The average molecular weight is 272 g/mol. The molecule has 0 unspecified atom stereocenters.